The van der Waals surface area contributed by atoms with Gasteiger partial charge < -0.3 is 9.47 Å². The van der Waals surface area contributed by atoms with Gasteiger partial charge in [0.25, 0.3) is 0 Å². The Morgan fingerprint density at radius 2 is 1.67 bits per heavy atom. The van der Waals surface area contributed by atoms with Gasteiger partial charge >= 0.3 is 0 Å². The smallest absolute Gasteiger partial charge is 0.217 e. The number of fused-ring (bicyclic) bond motifs is 3. The highest BCUT2D eigenvalue weighted by Crippen LogP contribution is 2.48. The molecule has 3 aromatic rings. The van der Waals surface area contributed by atoms with Crippen LogP contribution in [0.2, 0.25) is 0 Å². The molecule has 0 unspecified atom stereocenters. The van der Waals surface area contributed by atoms with E-state index >= 15 is 0 Å². The highest BCUT2D eigenvalue weighted by molar-refractivity contribution is 6.02. The summed E-state index contributed by atoms with van der Waals surface area (Å²) in [5.74, 6) is 1.77. The number of hydrogen-bond donors (Lipinski definition) is 0. The molecule has 4 heteroatoms. The number of rotatable bonds is 5. The Bertz CT molecular complexity index is 1070. The Kier molecular flexibility index (Phi) is 4.91. The van der Waals surface area contributed by atoms with Gasteiger partial charge in [-0.2, -0.15) is 5.10 Å². The Morgan fingerprint density at radius 1 is 0.933 bits per heavy atom. The first kappa shape index (κ1) is 18.7. The zero-order chi connectivity index (χ0) is 20.5. The molecular formula is C26H26N2O2. The van der Waals surface area contributed by atoms with Crippen LogP contribution in [0.5, 0.6) is 11.5 Å². The molecule has 152 valence electrons. The van der Waals surface area contributed by atoms with Crippen molar-refractivity contribution in [2.24, 2.45) is 5.10 Å². The van der Waals surface area contributed by atoms with E-state index in [-0.39, 0.29) is 12.3 Å². The maximum Gasteiger partial charge on any atom is 0.217 e. The fourth-order valence-electron chi connectivity index (χ4n) is 4.32. The van der Waals surface area contributed by atoms with Crippen molar-refractivity contribution < 1.29 is 9.47 Å². The molecule has 0 aliphatic carbocycles. The molecule has 2 atom stereocenters. The van der Waals surface area contributed by atoms with Gasteiger partial charge in [0, 0.05) is 12.0 Å². The summed E-state index contributed by atoms with van der Waals surface area (Å²) in [4.78, 5) is 0. The summed E-state index contributed by atoms with van der Waals surface area (Å²) in [6, 6.07) is 25.3. The van der Waals surface area contributed by atoms with Gasteiger partial charge in [0.2, 0.25) is 6.23 Å². The largest absolute Gasteiger partial charge is 0.493 e. The summed E-state index contributed by atoms with van der Waals surface area (Å²) >= 11 is 0. The molecule has 0 fully saturated rings. The van der Waals surface area contributed by atoms with E-state index in [9.17, 15) is 0 Å². The number of benzene rings is 3. The molecule has 4 nitrogen and oxygen atoms in total. The van der Waals surface area contributed by atoms with Gasteiger partial charge in [-0.1, -0.05) is 61.5 Å². The minimum absolute atomic E-state index is 0.149. The summed E-state index contributed by atoms with van der Waals surface area (Å²) in [5.41, 5.74) is 5.81. The molecule has 0 bridgehead atoms. The van der Waals surface area contributed by atoms with Gasteiger partial charge in [-0.25, -0.2) is 5.01 Å². The van der Waals surface area contributed by atoms with Crippen molar-refractivity contribution in [3.63, 3.8) is 0 Å². The van der Waals surface area contributed by atoms with Crippen molar-refractivity contribution in [2.45, 2.75) is 39.0 Å². The van der Waals surface area contributed by atoms with Crippen LogP contribution in [0, 0.1) is 0 Å². The van der Waals surface area contributed by atoms with Gasteiger partial charge in [0.15, 0.2) is 0 Å². The van der Waals surface area contributed by atoms with E-state index in [4.69, 9.17) is 14.6 Å². The minimum atomic E-state index is -0.319. The van der Waals surface area contributed by atoms with Crippen LogP contribution in [0.4, 0.5) is 0 Å². The van der Waals surface area contributed by atoms with Crippen LogP contribution in [0.15, 0.2) is 77.9 Å². The van der Waals surface area contributed by atoms with E-state index in [1.54, 1.807) is 0 Å². The lowest BCUT2D eigenvalue weighted by Gasteiger charge is -2.38. The summed E-state index contributed by atoms with van der Waals surface area (Å²) in [7, 11) is 0. The van der Waals surface area contributed by atoms with Gasteiger partial charge in [-0.3, -0.25) is 0 Å². The molecule has 0 saturated carbocycles. The van der Waals surface area contributed by atoms with Crippen LogP contribution in [0.1, 0.15) is 54.8 Å². The summed E-state index contributed by atoms with van der Waals surface area (Å²) in [6.07, 6.45) is 1.58. The van der Waals surface area contributed by atoms with Crippen LogP contribution >= 0.6 is 0 Å². The number of hydrazone groups is 1. The number of ether oxygens (including phenoxy) is 2. The maximum absolute atomic E-state index is 6.48. The number of para-hydroxylation sites is 2. The van der Waals surface area contributed by atoms with E-state index < -0.39 is 0 Å². The van der Waals surface area contributed by atoms with E-state index in [1.807, 2.05) is 31.2 Å². The average Bonchev–Trinajstić information content (AvgIpc) is 3.25. The van der Waals surface area contributed by atoms with Gasteiger partial charge in [0.05, 0.1) is 23.9 Å². The van der Waals surface area contributed by atoms with E-state index in [0.717, 1.165) is 35.6 Å². The van der Waals surface area contributed by atoms with Gasteiger partial charge in [0.1, 0.15) is 11.5 Å². The zero-order valence-electron chi connectivity index (χ0n) is 17.4. The first-order valence-electron chi connectivity index (χ1n) is 10.7. The molecule has 0 aromatic heterocycles. The lowest BCUT2D eigenvalue weighted by Crippen LogP contribution is -2.34. The monoisotopic (exact) mass is 398 g/mol. The molecule has 0 N–H and O–H groups in total. The maximum atomic E-state index is 6.48. The van der Waals surface area contributed by atoms with Crippen LogP contribution < -0.4 is 9.47 Å². The topological polar surface area (TPSA) is 34.1 Å². The predicted octanol–water partition coefficient (Wildman–Crippen LogP) is 5.89. The Labute approximate surface area is 177 Å². The number of hydrogen-bond acceptors (Lipinski definition) is 4. The molecule has 0 radical (unpaired) electrons. The van der Waals surface area contributed by atoms with Crippen molar-refractivity contribution in [1.82, 2.24) is 5.01 Å². The second-order valence-corrected chi connectivity index (χ2v) is 7.68. The highest BCUT2D eigenvalue weighted by Gasteiger charge is 2.41. The molecule has 2 heterocycles. The summed E-state index contributed by atoms with van der Waals surface area (Å²) < 4.78 is 12.4. The van der Waals surface area contributed by atoms with Crippen molar-refractivity contribution in [3.05, 3.63) is 95.1 Å². The number of nitrogens with zero attached hydrogens (tertiary/aromatic N) is 2. The van der Waals surface area contributed by atoms with Crippen LogP contribution in [0.25, 0.3) is 0 Å². The van der Waals surface area contributed by atoms with Crippen molar-refractivity contribution in [1.29, 1.82) is 0 Å². The summed E-state index contributed by atoms with van der Waals surface area (Å²) in [6.45, 7) is 4.79. The Hall–Kier alpha value is -3.27. The molecule has 0 saturated heterocycles. The third kappa shape index (κ3) is 3.22. The second-order valence-electron chi connectivity index (χ2n) is 7.68. The Balaban J connectivity index is 1.57. The fraction of sp³-hybridized carbons (Fsp3) is 0.269. The van der Waals surface area contributed by atoms with Crippen molar-refractivity contribution in [2.75, 3.05) is 6.61 Å². The molecule has 5 rings (SSSR count). The first-order valence-corrected chi connectivity index (χ1v) is 10.7. The SMILES string of the molecule is CCOc1ccccc1[C@@H]1Oc2ccccc2[C@@H]2CC(c3ccc(CC)cc3)=NN21. The molecule has 2 aliphatic rings. The predicted molar refractivity (Wildman–Crippen MR) is 119 cm³/mol. The molecule has 30 heavy (non-hydrogen) atoms. The lowest BCUT2D eigenvalue weighted by molar-refractivity contribution is -0.0205. The molecular weight excluding hydrogens is 372 g/mol. The normalized spacial score (nSPS) is 19.5. The first-order chi connectivity index (χ1) is 14.8. The average molecular weight is 399 g/mol. The molecule has 0 amide bonds. The van der Waals surface area contributed by atoms with Crippen LogP contribution in [-0.2, 0) is 6.42 Å². The number of aryl methyl sites for hydroxylation is 1. The van der Waals surface area contributed by atoms with E-state index in [0.29, 0.717) is 6.61 Å². The molecule has 0 spiro atoms. The third-order valence-electron chi connectivity index (χ3n) is 5.88. The molecule has 3 aromatic carbocycles. The van der Waals surface area contributed by atoms with Gasteiger partial charge in [-0.15, -0.1) is 0 Å². The van der Waals surface area contributed by atoms with Crippen LogP contribution in [0.3, 0.4) is 0 Å². The minimum Gasteiger partial charge on any atom is -0.493 e. The quantitative estimate of drug-likeness (QED) is 0.537. The lowest BCUT2D eigenvalue weighted by atomic mass is 9.95. The standard InChI is InChI=1S/C26H26N2O2/c1-3-18-13-15-19(16-14-18)22-17-23-20-9-5-8-12-25(20)30-26(28(23)27-22)21-10-6-7-11-24(21)29-4-2/h5-16,23,26H,3-4,17H2,1-2H3/t23-,26-/m0/s1. The second kappa shape index (κ2) is 7.86. The Morgan fingerprint density at radius 3 is 2.43 bits per heavy atom. The van der Waals surface area contributed by atoms with E-state index in [2.05, 4.69) is 60.5 Å². The molecule has 2 aliphatic heterocycles. The fourth-order valence-corrected chi connectivity index (χ4v) is 4.32. The third-order valence-corrected chi connectivity index (χ3v) is 5.88. The van der Waals surface area contributed by atoms with E-state index in [1.165, 1.54) is 16.7 Å². The van der Waals surface area contributed by atoms with Crippen LogP contribution in [-0.4, -0.2) is 17.3 Å². The van der Waals surface area contributed by atoms with Crippen molar-refractivity contribution in [3.8, 4) is 11.5 Å². The van der Waals surface area contributed by atoms with Crippen molar-refractivity contribution >= 4 is 5.71 Å². The zero-order valence-corrected chi connectivity index (χ0v) is 17.4. The van der Waals surface area contributed by atoms with Gasteiger partial charge in [-0.05, 0) is 42.7 Å². The summed E-state index contributed by atoms with van der Waals surface area (Å²) in [5, 5.41) is 7.18. The highest BCUT2D eigenvalue weighted by atomic mass is 16.5.